The van der Waals surface area contributed by atoms with Gasteiger partial charge in [-0.15, -0.1) is 0 Å². The van der Waals surface area contributed by atoms with Crippen LogP contribution in [0.25, 0.3) is 23.0 Å². The number of rotatable bonds is 6. The molecular formula is C27H28N4O2. The van der Waals surface area contributed by atoms with Crippen molar-refractivity contribution in [2.75, 3.05) is 19.7 Å². The second-order valence-corrected chi connectivity index (χ2v) is 8.32. The predicted octanol–water partition coefficient (Wildman–Crippen LogP) is 5.10. The third-order valence-electron chi connectivity index (χ3n) is 5.92. The molecule has 0 spiro atoms. The van der Waals surface area contributed by atoms with Crippen molar-refractivity contribution < 1.29 is 9.53 Å². The molecule has 3 aromatic rings. The van der Waals surface area contributed by atoms with Crippen LogP contribution in [0, 0.1) is 17.2 Å². The second kappa shape index (κ2) is 10.2. The number of hydrogen-bond acceptors (Lipinski definition) is 4. The maximum Gasteiger partial charge on any atom is 0.264 e. The molecule has 2 heterocycles. The van der Waals surface area contributed by atoms with Gasteiger partial charge in [0, 0.05) is 30.4 Å². The lowest BCUT2D eigenvalue weighted by atomic mass is 9.98. The lowest BCUT2D eigenvalue weighted by molar-refractivity contribution is -0.127. The Labute approximate surface area is 194 Å². The normalized spacial score (nSPS) is 14.7. The zero-order valence-corrected chi connectivity index (χ0v) is 19.1. The molecule has 0 saturated carbocycles. The summed E-state index contributed by atoms with van der Waals surface area (Å²) in [5.74, 6) is 1.18. The SMILES string of the molecule is CCOc1ccc(-c2nn(-c3ccccc3)cc2/C=C(/C#N)C(=O)N2CCC(C)CC2)cc1. The number of amides is 1. The Bertz CT molecular complexity index is 1170. The van der Waals surface area contributed by atoms with Crippen LogP contribution >= 0.6 is 0 Å². The van der Waals surface area contributed by atoms with E-state index in [2.05, 4.69) is 13.0 Å². The average Bonchev–Trinajstić information content (AvgIpc) is 3.28. The van der Waals surface area contributed by atoms with Gasteiger partial charge in [0.15, 0.2) is 0 Å². The van der Waals surface area contributed by atoms with Crippen LogP contribution in [0.15, 0.2) is 66.4 Å². The average molecular weight is 441 g/mol. The molecule has 1 aliphatic rings. The number of benzene rings is 2. The molecule has 0 N–H and O–H groups in total. The van der Waals surface area contributed by atoms with E-state index in [9.17, 15) is 10.1 Å². The number of hydrogen-bond donors (Lipinski definition) is 0. The number of nitriles is 1. The van der Waals surface area contributed by atoms with Gasteiger partial charge in [-0.2, -0.15) is 10.4 Å². The Balaban J connectivity index is 1.73. The summed E-state index contributed by atoms with van der Waals surface area (Å²) in [6, 6.07) is 19.6. The highest BCUT2D eigenvalue weighted by Crippen LogP contribution is 2.28. The summed E-state index contributed by atoms with van der Waals surface area (Å²) in [5, 5.41) is 14.6. The number of para-hydroxylation sites is 1. The first kappa shape index (κ1) is 22.3. The zero-order chi connectivity index (χ0) is 23.2. The van der Waals surface area contributed by atoms with E-state index >= 15 is 0 Å². The van der Waals surface area contributed by atoms with E-state index in [0.29, 0.717) is 31.3 Å². The molecule has 6 nitrogen and oxygen atoms in total. The fourth-order valence-corrected chi connectivity index (χ4v) is 3.99. The van der Waals surface area contributed by atoms with Gasteiger partial charge in [0.2, 0.25) is 0 Å². The van der Waals surface area contributed by atoms with Crippen LogP contribution < -0.4 is 4.74 Å². The van der Waals surface area contributed by atoms with E-state index in [1.54, 1.807) is 15.7 Å². The molecule has 4 rings (SSSR count). The Hall–Kier alpha value is -3.85. The van der Waals surface area contributed by atoms with Gasteiger partial charge in [-0.3, -0.25) is 4.79 Å². The van der Waals surface area contributed by atoms with Gasteiger partial charge in [-0.25, -0.2) is 4.68 Å². The zero-order valence-electron chi connectivity index (χ0n) is 19.1. The van der Waals surface area contributed by atoms with Crippen molar-refractivity contribution in [1.82, 2.24) is 14.7 Å². The lowest BCUT2D eigenvalue weighted by Crippen LogP contribution is -2.38. The number of piperidine rings is 1. The van der Waals surface area contributed by atoms with Crippen LogP contribution in [0.1, 0.15) is 32.3 Å². The molecule has 1 amide bonds. The second-order valence-electron chi connectivity index (χ2n) is 8.32. The van der Waals surface area contributed by atoms with Crippen molar-refractivity contribution >= 4 is 12.0 Å². The Morgan fingerprint density at radius 3 is 2.48 bits per heavy atom. The quantitative estimate of drug-likeness (QED) is 0.395. The Morgan fingerprint density at radius 1 is 1.15 bits per heavy atom. The summed E-state index contributed by atoms with van der Waals surface area (Å²) < 4.78 is 7.34. The van der Waals surface area contributed by atoms with Gasteiger partial charge < -0.3 is 9.64 Å². The monoisotopic (exact) mass is 440 g/mol. The molecule has 0 radical (unpaired) electrons. The first-order valence-electron chi connectivity index (χ1n) is 11.4. The minimum absolute atomic E-state index is 0.129. The molecule has 2 aromatic carbocycles. The van der Waals surface area contributed by atoms with Gasteiger partial charge in [-0.1, -0.05) is 25.1 Å². The summed E-state index contributed by atoms with van der Waals surface area (Å²) in [6.07, 6.45) is 5.46. The van der Waals surface area contributed by atoms with Crippen molar-refractivity contribution in [3.8, 4) is 28.8 Å². The molecule has 1 saturated heterocycles. The molecule has 1 fully saturated rings. The fourth-order valence-electron chi connectivity index (χ4n) is 3.99. The van der Waals surface area contributed by atoms with Crippen molar-refractivity contribution in [3.63, 3.8) is 0 Å². The molecule has 1 aromatic heterocycles. The van der Waals surface area contributed by atoms with Gasteiger partial charge in [-0.05, 0) is 68.2 Å². The highest BCUT2D eigenvalue weighted by atomic mass is 16.5. The first-order chi connectivity index (χ1) is 16.1. The Kier molecular flexibility index (Phi) is 6.89. The lowest BCUT2D eigenvalue weighted by Gasteiger charge is -2.30. The number of ether oxygens (including phenoxy) is 1. The van der Waals surface area contributed by atoms with Crippen LogP contribution in [0.5, 0.6) is 5.75 Å². The van der Waals surface area contributed by atoms with Crippen LogP contribution in [0.2, 0.25) is 0 Å². The van der Waals surface area contributed by atoms with Crippen LogP contribution in [-0.4, -0.2) is 40.3 Å². The number of nitrogens with zero attached hydrogens (tertiary/aromatic N) is 4. The van der Waals surface area contributed by atoms with Crippen LogP contribution in [-0.2, 0) is 4.79 Å². The molecule has 168 valence electrons. The third kappa shape index (κ3) is 5.15. The third-order valence-corrected chi connectivity index (χ3v) is 5.92. The fraction of sp³-hybridized carbons (Fsp3) is 0.296. The molecule has 0 atom stereocenters. The van der Waals surface area contributed by atoms with E-state index in [1.807, 2.05) is 67.7 Å². The molecule has 0 unspecified atom stereocenters. The van der Waals surface area contributed by atoms with E-state index in [0.717, 1.165) is 35.4 Å². The summed E-state index contributed by atoms with van der Waals surface area (Å²) >= 11 is 0. The summed E-state index contributed by atoms with van der Waals surface area (Å²) in [6.45, 7) is 6.12. The standard InChI is InChI=1S/C27H28N4O2/c1-3-33-25-11-9-21(10-12-25)26-23(19-31(29-26)24-7-5-4-6-8-24)17-22(18-28)27(32)30-15-13-20(2)14-16-30/h4-12,17,19-20H,3,13-16H2,1-2H3/b22-17-. The van der Waals surface area contributed by atoms with E-state index in [1.165, 1.54) is 0 Å². The van der Waals surface area contributed by atoms with Crippen molar-refractivity contribution in [1.29, 1.82) is 5.26 Å². The van der Waals surface area contributed by atoms with Crippen LogP contribution in [0.4, 0.5) is 0 Å². The smallest absolute Gasteiger partial charge is 0.264 e. The van der Waals surface area contributed by atoms with Gasteiger partial charge in [0.25, 0.3) is 5.91 Å². The van der Waals surface area contributed by atoms with Gasteiger partial charge >= 0.3 is 0 Å². The maximum absolute atomic E-state index is 13.1. The molecule has 1 aliphatic heterocycles. The molecule has 0 bridgehead atoms. The molecule has 0 aliphatic carbocycles. The Morgan fingerprint density at radius 2 is 1.85 bits per heavy atom. The topological polar surface area (TPSA) is 71.1 Å². The minimum Gasteiger partial charge on any atom is -0.494 e. The van der Waals surface area contributed by atoms with Crippen molar-refractivity contribution in [3.05, 3.63) is 71.9 Å². The summed E-state index contributed by atoms with van der Waals surface area (Å²) in [5.41, 5.74) is 3.34. The number of aromatic nitrogens is 2. The highest BCUT2D eigenvalue weighted by molar-refractivity contribution is 6.02. The first-order valence-corrected chi connectivity index (χ1v) is 11.4. The summed E-state index contributed by atoms with van der Waals surface area (Å²) in [4.78, 5) is 14.9. The van der Waals surface area contributed by atoms with Crippen LogP contribution in [0.3, 0.4) is 0 Å². The van der Waals surface area contributed by atoms with Gasteiger partial charge in [0.05, 0.1) is 18.0 Å². The van der Waals surface area contributed by atoms with E-state index in [-0.39, 0.29) is 11.5 Å². The molecule has 6 heteroatoms. The summed E-state index contributed by atoms with van der Waals surface area (Å²) in [7, 11) is 0. The number of carbonyl (C=O) groups excluding carboxylic acids is 1. The number of likely N-dealkylation sites (tertiary alicyclic amines) is 1. The number of carbonyl (C=O) groups is 1. The molecular weight excluding hydrogens is 412 g/mol. The molecule has 33 heavy (non-hydrogen) atoms. The predicted molar refractivity (Wildman–Crippen MR) is 129 cm³/mol. The van der Waals surface area contributed by atoms with Crippen molar-refractivity contribution in [2.24, 2.45) is 5.92 Å². The van der Waals surface area contributed by atoms with E-state index in [4.69, 9.17) is 9.84 Å². The highest BCUT2D eigenvalue weighted by Gasteiger charge is 2.24. The van der Waals surface area contributed by atoms with Crippen molar-refractivity contribution in [2.45, 2.75) is 26.7 Å². The van der Waals surface area contributed by atoms with E-state index < -0.39 is 0 Å². The van der Waals surface area contributed by atoms with Gasteiger partial charge in [0.1, 0.15) is 17.4 Å². The minimum atomic E-state index is -0.213. The largest absolute Gasteiger partial charge is 0.494 e. The maximum atomic E-state index is 13.1.